The highest BCUT2D eigenvalue weighted by molar-refractivity contribution is 7.99. The van der Waals surface area contributed by atoms with Gasteiger partial charge in [-0.1, -0.05) is 25.1 Å². The van der Waals surface area contributed by atoms with Crippen molar-refractivity contribution in [2.75, 3.05) is 39.0 Å². The van der Waals surface area contributed by atoms with Gasteiger partial charge in [0.2, 0.25) is 5.91 Å². The van der Waals surface area contributed by atoms with Crippen molar-refractivity contribution in [1.82, 2.24) is 19.4 Å². The van der Waals surface area contributed by atoms with Crippen molar-refractivity contribution in [2.45, 2.75) is 63.6 Å². The minimum atomic E-state index is 0.0666. The van der Waals surface area contributed by atoms with Crippen LogP contribution in [-0.4, -0.2) is 64.2 Å². The fourth-order valence-corrected chi connectivity index (χ4v) is 6.62. The Morgan fingerprint density at radius 3 is 2.63 bits per heavy atom. The monoisotopic (exact) mass is 448 g/mol. The predicted molar refractivity (Wildman–Crippen MR) is 125 cm³/mol. The van der Waals surface area contributed by atoms with Gasteiger partial charge in [-0.25, -0.2) is 4.98 Å². The van der Waals surface area contributed by atoms with Crippen molar-refractivity contribution in [2.24, 2.45) is 0 Å². The van der Waals surface area contributed by atoms with Crippen molar-refractivity contribution >= 4 is 39.2 Å². The molecule has 0 spiro atoms. The molecule has 1 fully saturated rings. The molecule has 0 saturated carbocycles. The van der Waals surface area contributed by atoms with Crippen molar-refractivity contribution in [1.29, 1.82) is 0 Å². The molecule has 1 unspecified atom stereocenters. The van der Waals surface area contributed by atoms with E-state index in [1.54, 1.807) is 11.3 Å². The molecule has 0 aromatic carbocycles. The third-order valence-electron chi connectivity index (χ3n) is 6.45. The number of carbonyl (C=O) groups is 1. The van der Waals surface area contributed by atoms with Crippen molar-refractivity contribution in [3.63, 3.8) is 0 Å². The van der Waals surface area contributed by atoms with Crippen LogP contribution in [0.5, 0.6) is 0 Å². The van der Waals surface area contributed by atoms with Gasteiger partial charge in [-0.3, -0.25) is 14.2 Å². The van der Waals surface area contributed by atoms with Gasteiger partial charge in [0.15, 0.2) is 5.16 Å². The summed E-state index contributed by atoms with van der Waals surface area (Å²) >= 11 is 3.12. The molecule has 1 aliphatic carbocycles. The molecule has 1 aliphatic heterocycles. The number of thioether (sulfide) groups is 1. The van der Waals surface area contributed by atoms with E-state index in [0.29, 0.717) is 10.9 Å². The molecule has 1 amide bonds. The first-order chi connectivity index (χ1) is 14.5. The summed E-state index contributed by atoms with van der Waals surface area (Å²) in [5.74, 6) is 0.475. The minimum Gasteiger partial charge on any atom is -0.339 e. The zero-order valence-electron chi connectivity index (χ0n) is 18.3. The van der Waals surface area contributed by atoms with E-state index < -0.39 is 0 Å². The van der Waals surface area contributed by atoms with Gasteiger partial charge < -0.3 is 9.80 Å². The Balaban J connectivity index is 1.65. The Kier molecular flexibility index (Phi) is 6.85. The van der Waals surface area contributed by atoms with Gasteiger partial charge in [0.1, 0.15) is 4.83 Å². The van der Waals surface area contributed by atoms with E-state index in [4.69, 9.17) is 4.98 Å². The zero-order valence-corrected chi connectivity index (χ0v) is 19.9. The number of piperazine rings is 1. The van der Waals surface area contributed by atoms with Crippen LogP contribution in [0.4, 0.5) is 0 Å². The molecule has 2 aliphatic rings. The second kappa shape index (κ2) is 9.40. The van der Waals surface area contributed by atoms with Gasteiger partial charge >= 0.3 is 0 Å². The Morgan fingerprint density at radius 1 is 1.17 bits per heavy atom. The van der Waals surface area contributed by atoms with Crippen molar-refractivity contribution < 1.29 is 4.79 Å². The molecule has 8 heteroatoms. The van der Waals surface area contributed by atoms with Crippen LogP contribution in [0.1, 0.15) is 56.0 Å². The second-order valence-corrected chi connectivity index (χ2v) is 10.6. The van der Waals surface area contributed by atoms with Gasteiger partial charge in [-0.15, -0.1) is 11.3 Å². The second-order valence-electron chi connectivity index (χ2n) is 8.54. The SMILES string of the molecule is CCC(C)n1c(SCC(=O)N2CCN(C)CC2)nc2sc3c(c2c1=O)CCCCC3. The summed E-state index contributed by atoms with van der Waals surface area (Å²) in [6, 6.07) is 0.0666. The molecule has 2 aromatic rings. The van der Waals surface area contributed by atoms with E-state index in [9.17, 15) is 9.59 Å². The van der Waals surface area contributed by atoms with E-state index in [0.717, 1.165) is 62.1 Å². The summed E-state index contributed by atoms with van der Waals surface area (Å²) in [6.07, 6.45) is 6.49. The molecule has 3 heterocycles. The largest absolute Gasteiger partial charge is 0.339 e. The van der Waals surface area contributed by atoms with Crippen molar-refractivity contribution in [3.05, 3.63) is 20.8 Å². The maximum atomic E-state index is 13.6. The van der Waals surface area contributed by atoms with Gasteiger partial charge in [-0.05, 0) is 51.6 Å². The van der Waals surface area contributed by atoms with Gasteiger partial charge in [0, 0.05) is 37.1 Å². The van der Waals surface area contributed by atoms with Crippen LogP contribution < -0.4 is 5.56 Å². The van der Waals surface area contributed by atoms with Crippen LogP contribution in [0.3, 0.4) is 0 Å². The average molecular weight is 449 g/mol. The van der Waals surface area contributed by atoms with Crippen LogP contribution in [-0.2, 0) is 17.6 Å². The summed E-state index contributed by atoms with van der Waals surface area (Å²) in [7, 11) is 2.09. The highest BCUT2D eigenvalue weighted by Gasteiger charge is 2.25. The van der Waals surface area contributed by atoms with Gasteiger partial charge in [0.05, 0.1) is 11.1 Å². The topological polar surface area (TPSA) is 58.4 Å². The summed E-state index contributed by atoms with van der Waals surface area (Å²) in [4.78, 5) is 37.7. The number of fused-ring (bicyclic) bond motifs is 3. The maximum Gasteiger partial charge on any atom is 0.263 e. The number of likely N-dealkylation sites (N-methyl/N-ethyl adjacent to an activating group) is 1. The van der Waals surface area contributed by atoms with Crippen molar-refractivity contribution in [3.8, 4) is 0 Å². The molecule has 6 nitrogen and oxygen atoms in total. The lowest BCUT2D eigenvalue weighted by Gasteiger charge is -2.32. The molecule has 2 aromatic heterocycles. The number of nitrogens with zero attached hydrogens (tertiary/aromatic N) is 4. The van der Waals surface area contributed by atoms with Crippen LogP contribution >= 0.6 is 23.1 Å². The number of aromatic nitrogens is 2. The number of aryl methyl sites for hydroxylation is 2. The maximum absolute atomic E-state index is 13.6. The summed E-state index contributed by atoms with van der Waals surface area (Å²) in [5, 5.41) is 1.53. The molecule has 4 rings (SSSR count). The normalized spacial score (nSPS) is 19.0. The molecular formula is C22H32N4O2S2. The molecule has 30 heavy (non-hydrogen) atoms. The van der Waals surface area contributed by atoms with Crippen LogP contribution in [0.2, 0.25) is 0 Å². The smallest absolute Gasteiger partial charge is 0.263 e. The van der Waals surface area contributed by atoms with Crippen LogP contribution in [0.25, 0.3) is 10.2 Å². The summed E-state index contributed by atoms with van der Waals surface area (Å²) in [5.41, 5.74) is 1.33. The third-order valence-corrected chi connectivity index (χ3v) is 8.57. The molecule has 0 radical (unpaired) electrons. The number of amides is 1. The Bertz CT molecular complexity index is 976. The summed E-state index contributed by atoms with van der Waals surface area (Å²) in [6.45, 7) is 7.56. The lowest BCUT2D eigenvalue weighted by Crippen LogP contribution is -2.47. The first-order valence-electron chi connectivity index (χ1n) is 11.2. The van der Waals surface area contributed by atoms with E-state index in [1.807, 2.05) is 9.47 Å². The van der Waals surface area contributed by atoms with Gasteiger partial charge in [-0.2, -0.15) is 0 Å². The number of rotatable bonds is 5. The zero-order chi connectivity index (χ0) is 21.3. The van der Waals surface area contributed by atoms with E-state index in [2.05, 4.69) is 25.8 Å². The highest BCUT2D eigenvalue weighted by atomic mass is 32.2. The molecule has 0 N–H and O–H groups in total. The van der Waals surface area contributed by atoms with E-state index >= 15 is 0 Å². The molecule has 1 saturated heterocycles. The Labute approximate surface area is 186 Å². The fourth-order valence-electron chi connectivity index (χ4n) is 4.32. The predicted octanol–water partition coefficient (Wildman–Crippen LogP) is 3.56. The van der Waals surface area contributed by atoms with Gasteiger partial charge in [0.25, 0.3) is 5.56 Å². The molecule has 0 bridgehead atoms. The Morgan fingerprint density at radius 2 is 1.90 bits per heavy atom. The third kappa shape index (κ3) is 4.32. The number of hydrogen-bond acceptors (Lipinski definition) is 6. The molecule has 164 valence electrons. The fraction of sp³-hybridized carbons (Fsp3) is 0.682. The quantitative estimate of drug-likeness (QED) is 0.398. The van der Waals surface area contributed by atoms with Crippen LogP contribution in [0, 0.1) is 0 Å². The first-order valence-corrected chi connectivity index (χ1v) is 13.0. The first kappa shape index (κ1) is 21.8. The van der Waals surface area contributed by atoms with E-state index in [1.165, 1.54) is 35.0 Å². The van der Waals surface area contributed by atoms with E-state index in [-0.39, 0.29) is 17.5 Å². The lowest BCUT2D eigenvalue weighted by molar-refractivity contribution is -0.129. The summed E-state index contributed by atoms with van der Waals surface area (Å²) < 4.78 is 1.85. The highest BCUT2D eigenvalue weighted by Crippen LogP contribution is 2.34. The molecular weight excluding hydrogens is 416 g/mol. The van der Waals surface area contributed by atoms with Crippen LogP contribution in [0.15, 0.2) is 9.95 Å². The molecule has 1 atom stereocenters. The number of carbonyl (C=O) groups excluding carboxylic acids is 1. The Hall–Kier alpha value is -1.38. The minimum absolute atomic E-state index is 0.0666. The number of hydrogen-bond donors (Lipinski definition) is 0. The number of thiophene rings is 1. The lowest BCUT2D eigenvalue weighted by atomic mass is 10.1. The average Bonchev–Trinajstić information content (AvgIpc) is 2.93. The standard InChI is InChI=1S/C22H32N4O2S2/c1-4-15(2)26-21(28)19-16-8-6-5-7-9-17(16)30-20(19)23-22(26)29-14-18(27)25-12-10-24(3)11-13-25/h15H,4-14H2,1-3H3.